The SMILES string of the molecule is Cn1c(=O)c2c(c3cc(Nc4cc(N5CCNCC5)ncc4F)ccc31)NC(C1CC1)C(F)(F)CO2. The Hall–Kier alpha value is -3.47. The van der Waals surface area contributed by atoms with Gasteiger partial charge in [0.15, 0.2) is 12.4 Å². The second-order valence-electron chi connectivity index (χ2n) is 9.69. The first kappa shape index (κ1) is 23.0. The van der Waals surface area contributed by atoms with Gasteiger partial charge in [0, 0.05) is 50.4 Å². The normalized spacial score (nSPS) is 21.3. The first-order chi connectivity index (χ1) is 17.3. The van der Waals surface area contributed by atoms with Gasteiger partial charge in [0.25, 0.3) is 5.56 Å². The largest absolute Gasteiger partial charge is 0.480 e. The number of anilines is 4. The number of benzene rings is 1. The van der Waals surface area contributed by atoms with Gasteiger partial charge < -0.3 is 30.2 Å². The molecule has 3 N–H and O–H groups in total. The summed E-state index contributed by atoms with van der Waals surface area (Å²) in [6.45, 7) is 2.34. The summed E-state index contributed by atoms with van der Waals surface area (Å²) >= 11 is 0. The zero-order valence-corrected chi connectivity index (χ0v) is 19.8. The molecule has 1 aromatic carbocycles. The van der Waals surface area contributed by atoms with Gasteiger partial charge in [-0.05, 0) is 37.0 Å². The van der Waals surface area contributed by atoms with E-state index in [0.717, 1.165) is 26.2 Å². The molecule has 2 aromatic heterocycles. The van der Waals surface area contributed by atoms with Crippen molar-refractivity contribution >= 4 is 33.8 Å². The number of hydrogen-bond acceptors (Lipinski definition) is 7. The van der Waals surface area contributed by atoms with Crippen molar-refractivity contribution in [3.05, 3.63) is 46.6 Å². The highest BCUT2D eigenvalue weighted by Gasteiger charge is 2.51. The smallest absolute Gasteiger partial charge is 0.301 e. The van der Waals surface area contributed by atoms with Gasteiger partial charge in [-0.3, -0.25) is 4.79 Å². The lowest BCUT2D eigenvalue weighted by Crippen LogP contribution is -2.44. The van der Waals surface area contributed by atoms with Crippen molar-refractivity contribution in [3.8, 4) is 5.75 Å². The number of rotatable bonds is 4. The quantitative estimate of drug-likeness (QED) is 0.506. The molecule has 3 aliphatic rings. The van der Waals surface area contributed by atoms with E-state index in [1.807, 2.05) is 0 Å². The Kier molecular flexibility index (Phi) is 5.47. The highest BCUT2D eigenvalue weighted by Crippen LogP contribution is 2.45. The maximum Gasteiger partial charge on any atom is 0.301 e. The number of aryl methyl sites for hydroxylation is 1. The summed E-state index contributed by atoms with van der Waals surface area (Å²) in [6, 6.07) is 5.71. The van der Waals surface area contributed by atoms with Gasteiger partial charge in [0.2, 0.25) is 5.75 Å². The van der Waals surface area contributed by atoms with Gasteiger partial charge in [-0.15, -0.1) is 0 Å². The molecule has 4 heterocycles. The molecule has 1 saturated carbocycles. The number of aromatic nitrogens is 2. The third kappa shape index (κ3) is 4.01. The second-order valence-corrected chi connectivity index (χ2v) is 9.69. The predicted molar refractivity (Wildman–Crippen MR) is 132 cm³/mol. The van der Waals surface area contributed by atoms with Crippen molar-refractivity contribution in [3.63, 3.8) is 0 Å². The molecule has 0 bridgehead atoms. The third-order valence-corrected chi connectivity index (χ3v) is 7.17. The van der Waals surface area contributed by atoms with E-state index in [0.29, 0.717) is 35.2 Å². The molecule has 6 rings (SSSR count). The summed E-state index contributed by atoms with van der Waals surface area (Å²) in [5.41, 5.74) is 1.11. The van der Waals surface area contributed by atoms with Crippen LogP contribution in [-0.2, 0) is 7.05 Å². The number of halogens is 3. The number of nitrogens with one attached hydrogen (secondary N) is 3. The van der Waals surface area contributed by atoms with Crippen molar-refractivity contribution in [1.82, 2.24) is 14.9 Å². The standard InChI is InChI=1S/C25H27F3N6O2/c1-33-19-5-4-15(31-18-11-20(30-12-17(18)26)34-8-6-29-7-9-34)10-16(19)21-22(24(33)35)36-13-25(27,28)23(32-21)14-2-3-14/h4-5,10-12,14,23,29,32H,2-3,6-9,13H2,1H3,(H,30,31). The van der Waals surface area contributed by atoms with E-state index in [-0.39, 0.29) is 23.0 Å². The molecule has 2 aliphatic heterocycles. The van der Waals surface area contributed by atoms with E-state index in [9.17, 15) is 18.0 Å². The van der Waals surface area contributed by atoms with Crippen LogP contribution in [0.4, 0.5) is 36.1 Å². The van der Waals surface area contributed by atoms with Crippen LogP contribution in [0.25, 0.3) is 10.9 Å². The number of fused-ring (bicyclic) bond motifs is 3. The Balaban J connectivity index is 1.40. The monoisotopic (exact) mass is 500 g/mol. The molecule has 1 unspecified atom stereocenters. The molecular formula is C25H27F3N6O2. The third-order valence-electron chi connectivity index (χ3n) is 7.17. The van der Waals surface area contributed by atoms with Crippen LogP contribution in [0.1, 0.15) is 12.8 Å². The lowest BCUT2D eigenvalue weighted by atomic mass is 10.0. The van der Waals surface area contributed by atoms with Gasteiger partial charge in [-0.1, -0.05) is 0 Å². The molecule has 1 aliphatic carbocycles. The minimum absolute atomic E-state index is 0.124. The van der Waals surface area contributed by atoms with Crippen LogP contribution in [0.2, 0.25) is 0 Å². The summed E-state index contributed by atoms with van der Waals surface area (Å²) in [4.78, 5) is 19.3. The topological polar surface area (TPSA) is 83.5 Å². The first-order valence-corrected chi connectivity index (χ1v) is 12.1. The fraction of sp³-hybridized carbons (Fsp3) is 0.440. The maximum absolute atomic E-state index is 14.9. The average molecular weight is 501 g/mol. The van der Waals surface area contributed by atoms with E-state index in [2.05, 4.69) is 25.8 Å². The fourth-order valence-corrected chi connectivity index (χ4v) is 5.03. The van der Waals surface area contributed by atoms with E-state index < -0.39 is 29.9 Å². The minimum Gasteiger partial charge on any atom is -0.480 e. The number of alkyl halides is 2. The second kappa shape index (κ2) is 8.58. The van der Waals surface area contributed by atoms with Crippen LogP contribution in [0.15, 0.2) is 35.3 Å². The molecule has 0 amide bonds. The summed E-state index contributed by atoms with van der Waals surface area (Å²) < 4.78 is 51.2. The van der Waals surface area contributed by atoms with Crippen LogP contribution in [0.5, 0.6) is 5.75 Å². The zero-order chi connectivity index (χ0) is 25.0. The average Bonchev–Trinajstić information content (AvgIpc) is 3.72. The van der Waals surface area contributed by atoms with Gasteiger partial charge in [-0.25, -0.2) is 18.2 Å². The molecule has 8 nitrogen and oxygen atoms in total. The Morgan fingerprint density at radius 1 is 1.19 bits per heavy atom. The molecular weight excluding hydrogens is 473 g/mol. The van der Waals surface area contributed by atoms with Crippen LogP contribution in [0.3, 0.4) is 0 Å². The van der Waals surface area contributed by atoms with E-state index in [1.54, 1.807) is 31.3 Å². The number of pyridine rings is 2. The van der Waals surface area contributed by atoms with E-state index in [4.69, 9.17) is 4.74 Å². The van der Waals surface area contributed by atoms with Crippen LogP contribution >= 0.6 is 0 Å². The lowest BCUT2D eigenvalue weighted by Gasteiger charge is -2.28. The predicted octanol–water partition coefficient (Wildman–Crippen LogP) is 3.44. The minimum atomic E-state index is -3.12. The summed E-state index contributed by atoms with van der Waals surface area (Å²) in [5, 5.41) is 9.88. The molecule has 1 atom stereocenters. The van der Waals surface area contributed by atoms with E-state index in [1.165, 1.54) is 10.8 Å². The summed E-state index contributed by atoms with van der Waals surface area (Å²) in [5.74, 6) is -3.26. The number of hydrogen-bond donors (Lipinski definition) is 3. The molecule has 0 radical (unpaired) electrons. The maximum atomic E-state index is 14.9. The fourth-order valence-electron chi connectivity index (χ4n) is 5.03. The van der Waals surface area contributed by atoms with Crippen LogP contribution in [0, 0.1) is 11.7 Å². The summed E-state index contributed by atoms with van der Waals surface area (Å²) in [7, 11) is 1.57. The van der Waals surface area contributed by atoms with Crippen LogP contribution in [-0.4, -0.2) is 54.3 Å². The van der Waals surface area contributed by atoms with Gasteiger partial charge in [-0.2, -0.15) is 0 Å². The summed E-state index contributed by atoms with van der Waals surface area (Å²) in [6.07, 6.45) is 2.60. The zero-order valence-electron chi connectivity index (χ0n) is 19.8. The van der Waals surface area contributed by atoms with Crippen molar-refractivity contribution in [2.24, 2.45) is 13.0 Å². The molecule has 3 aromatic rings. The Bertz CT molecular complexity index is 1380. The highest BCUT2D eigenvalue weighted by atomic mass is 19.3. The first-order valence-electron chi connectivity index (χ1n) is 12.1. The van der Waals surface area contributed by atoms with Crippen molar-refractivity contribution in [1.29, 1.82) is 0 Å². The lowest BCUT2D eigenvalue weighted by molar-refractivity contribution is -0.0579. The van der Waals surface area contributed by atoms with Crippen molar-refractivity contribution < 1.29 is 17.9 Å². The molecule has 0 spiro atoms. The number of nitrogens with zero attached hydrogens (tertiary/aromatic N) is 3. The molecule has 36 heavy (non-hydrogen) atoms. The van der Waals surface area contributed by atoms with Gasteiger partial charge in [0.05, 0.1) is 29.1 Å². The van der Waals surface area contributed by atoms with Crippen molar-refractivity contribution in [2.75, 3.05) is 48.3 Å². The molecule has 11 heteroatoms. The van der Waals surface area contributed by atoms with Crippen molar-refractivity contribution in [2.45, 2.75) is 24.8 Å². The Labute approximate surface area is 205 Å². The van der Waals surface area contributed by atoms with Gasteiger partial charge >= 0.3 is 5.92 Å². The number of piperazine rings is 1. The molecule has 190 valence electrons. The number of ether oxygens (including phenoxy) is 1. The highest BCUT2D eigenvalue weighted by molar-refractivity contribution is 5.97. The van der Waals surface area contributed by atoms with Gasteiger partial charge in [0.1, 0.15) is 5.82 Å². The molecule has 1 saturated heterocycles. The van der Waals surface area contributed by atoms with Crippen LogP contribution < -0.4 is 31.1 Å². The Morgan fingerprint density at radius 3 is 2.72 bits per heavy atom. The van der Waals surface area contributed by atoms with E-state index >= 15 is 0 Å². The Morgan fingerprint density at radius 2 is 1.97 bits per heavy atom. The molecule has 2 fully saturated rings.